The Morgan fingerprint density at radius 3 is 2.78 bits per heavy atom. The number of halogens is 1. The standard InChI is InChI=1S/C21H34ClN3O2/c1-21(2,15-17-6-4-7-18(22)14-17)16-25-20(23-3)24-10-5-11-27-19-8-12-26-13-9-19/h4,6-7,14,19H,5,8-13,15-16H2,1-3H3,(H2,23,24,25). The molecule has 2 rings (SSSR count). The number of benzene rings is 1. The summed E-state index contributed by atoms with van der Waals surface area (Å²) < 4.78 is 11.2. The van der Waals surface area contributed by atoms with Gasteiger partial charge in [-0.2, -0.15) is 0 Å². The van der Waals surface area contributed by atoms with Crippen molar-refractivity contribution in [1.82, 2.24) is 10.6 Å². The number of hydrogen-bond acceptors (Lipinski definition) is 3. The van der Waals surface area contributed by atoms with Gasteiger partial charge in [0.05, 0.1) is 6.10 Å². The predicted octanol–water partition coefficient (Wildman–Crippen LogP) is 3.66. The SMILES string of the molecule is CN=C(NCCCOC1CCOCC1)NCC(C)(C)Cc1cccc(Cl)c1. The van der Waals surface area contributed by atoms with E-state index in [1.807, 2.05) is 18.2 Å². The van der Waals surface area contributed by atoms with Crippen molar-refractivity contribution in [3.05, 3.63) is 34.9 Å². The van der Waals surface area contributed by atoms with Crippen LogP contribution in [0.2, 0.25) is 5.02 Å². The van der Waals surface area contributed by atoms with Gasteiger partial charge in [-0.1, -0.05) is 37.6 Å². The summed E-state index contributed by atoms with van der Waals surface area (Å²) in [7, 11) is 1.80. The molecule has 0 unspecified atom stereocenters. The van der Waals surface area contributed by atoms with E-state index in [0.29, 0.717) is 6.10 Å². The number of nitrogens with zero attached hydrogens (tertiary/aromatic N) is 1. The lowest BCUT2D eigenvalue weighted by Gasteiger charge is -2.26. The monoisotopic (exact) mass is 395 g/mol. The molecule has 0 spiro atoms. The highest BCUT2D eigenvalue weighted by molar-refractivity contribution is 6.30. The summed E-state index contributed by atoms with van der Waals surface area (Å²) in [6.45, 7) is 8.59. The summed E-state index contributed by atoms with van der Waals surface area (Å²) in [5.74, 6) is 0.834. The van der Waals surface area contributed by atoms with Gasteiger partial charge >= 0.3 is 0 Å². The Hall–Kier alpha value is -1.30. The van der Waals surface area contributed by atoms with Crippen molar-refractivity contribution in [2.24, 2.45) is 10.4 Å². The maximum Gasteiger partial charge on any atom is 0.190 e. The molecule has 1 saturated heterocycles. The Morgan fingerprint density at radius 1 is 1.30 bits per heavy atom. The second-order valence-corrected chi connectivity index (χ2v) is 8.30. The third-order valence-corrected chi connectivity index (χ3v) is 4.90. The molecular formula is C21H34ClN3O2. The van der Waals surface area contributed by atoms with Gasteiger partial charge in [-0.25, -0.2) is 0 Å². The highest BCUT2D eigenvalue weighted by atomic mass is 35.5. The third-order valence-electron chi connectivity index (χ3n) is 4.67. The van der Waals surface area contributed by atoms with Crippen LogP contribution in [0.15, 0.2) is 29.3 Å². The van der Waals surface area contributed by atoms with Gasteiger partial charge in [0.25, 0.3) is 0 Å². The highest BCUT2D eigenvalue weighted by Crippen LogP contribution is 2.22. The van der Waals surface area contributed by atoms with Crippen molar-refractivity contribution in [2.75, 3.05) is 40.0 Å². The molecule has 1 aliphatic rings. The second-order valence-electron chi connectivity index (χ2n) is 7.86. The maximum absolute atomic E-state index is 6.09. The van der Waals surface area contributed by atoms with Gasteiger partial charge in [0.15, 0.2) is 5.96 Å². The fraction of sp³-hybridized carbons (Fsp3) is 0.667. The lowest BCUT2D eigenvalue weighted by Crippen LogP contribution is -2.43. The molecule has 0 aliphatic carbocycles. The van der Waals surface area contributed by atoms with Gasteiger partial charge in [-0.3, -0.25) is 4.99 Å². The summed E-state index contributed by atoms with van der Waals surface area (Å²) in [5.41, 5.74) is 1.34. The molecule has 5 nitrogen and oxygen atoms in total. The summed E-state index contributed by atoms with van der Waals surface area (Å²) in [6, 6.07) is 8.08. The van der Waals surface area contributed by atoms with Crippen LogP contribution in [0, 0.1) is 5.41 Å². The molecule has 6 heteroatoms. The molecule has 0 aromatic heterocycles. The number of rotatable bonds is 9. The normalized spacial score (nSPS) is 16.4. The number of ether oxygens (including phenoxy) is 2. The average molecular weight is 396 g/mol. The quantitative estimate of drug-likeness (QED) is 0.380. The van der Waals surface area contributed by atoms with E-state index >= 15 is 0 Å². The van der Waals surface area contributed by atoms with Crippen LogP contribution < -0.4 is 10.6 Å². The van der Waals surface area contributed by atoms with E-state index in [0.717, 1.165) is 69.6 Å². The minimum absolute atomic E-state index is 0.0917. The van der Waals surface area contributed by atoms with Crippen molar-refractivity contribution in [2.45, 2.75) is 45.6 Å². The first-order chi connectivity index (χ1) is 13.0. The fourth-order valence-corrected chi connectivity index (χ4v) is 3.39. The van der Waals surface area contributed by atoms with Crippen LogP contribution in [0.1, 0.15) is 38.7 Å². The Labute approximate surface area is 168 Å². The van der Waals surface area contributed by atoms with Crippen molar-refractivity contribution in [3.63, 3.8) is 0 Å². The minimum Gasteiger partial charge on any atom is -0.381 e. The van der Waals surface area contributed by atoms with E-state index < -0.39 is 0 Å². The number of hydrogen-bond donors (Lipinski definition) is 2. The largest absolute Gasteiger partial charge is 0.381 e. The summed E-state index contributed by atoms with van der Waals surface area (Å²) in [6.07, 6.45) is 4.31. The smallest absolute Gasteiger partial charge is 0.190 e. The Bertz CT molecular complexity index is 587. The Kier molecular flexibility index (Phi) is 9.39. The van der Waals surface area contributed by atoms with Crippen LogP contribution in [0.25, 0.3) is 0 Å². The van der Waals surface area contributed by atoms with Crippen LogP contribution in [0.4, 0.5) is 0 Å². The highest BCUT2D eigenvalue weighted by Gasteiger charge is 2.19. The lowest BCUT2D eigenvalue weighted by atomic mass is 9.86. The Balaban J connectivity index is 1.63. The van der Waals surface area contributed by atoms with E-state index in [1.165, 1.54) is 5.56 Å². The molecule has 0 atom stereocenters. The van der Waals surface area contributed by atoms with Gasteiger partial charge in [-0.05, 0) is 48.8 Å². The van der Waals surface area contributed by atoms with Crippen LogP contribution in [-0.2, 0) is 15.9 Å². The average Bonchev–Trinajstić information content (AvgIpc) is 2.64. The van der Waals surface area contributed by atoms with Crippen LogP contribution >= 0.6 is 11.6 Å². The second kappa shape index (κ2) is 11.5. The predicted molar refractivity (Wildman–Crippen MR) is 113 cm³/mol. The molecule has 1 aliphatic heterocycles. The van der Waals surface area contributed by atoms with E-state index in [2.05, 4.69) is 35.5 Å². The topological polar surface area (TPSA) is 54.9 Å². The van der Waals surface area contributed by atoms with Crippen LogP contribution in [-0.4, -0.2) is 52.0 Å². The molecule has 0 radical (unpaired) electrons. The number of aliphatic imine (C=N–C) groups is 1. The fourth-order valence-electron chi connectivity index (χ4n) is 3.18. The van der Waals surface area contributed by atoms with Crippen LogP contribution in [0.5, 0.6) is 0 Å². The van der Waals surface area contributed by atoms with E-state index in [4.69, 9.17) is 21.1 Å². The molecule has 152 valence electrons. The molecule has 0 amide bonds. The van der Waals surface area contributed by atoms with Gasteiger partial charge in [0.2, 0.25) is 0 Å². The van der Waals surface area contributed by atoms with E-state index in [9.17, 15) is 0 Å². The first-order valence-electron chi connectivity index (χ1n) is 9.87. The molecule has 1 aromatic rings. The third kappa shape index (κ3) is 8.96. The van der Waals surface area contributed by atoms with Gasteiger partial charge in [0, 0.05) is 45.0 Å². The lowest BCUT2D eigenvalue weighted by molar-refractivity contribution is -0.0320. The first-order valence-corrected chi connectivity index (χ1v) is 10.2. The van der Waals surface area contributed by atoms with E-state index in [1.54, 1.807) is 7.05 Å². The minimum atomic E-state index is 0.0917. The molecule has 0 saturated carbocycles. The first kappa shape index (κ1) is 22.0. The summed E-state index contributed by atoms with van der Waals surface area (Å²) in [4.78, 5) is 4.32. The van der Waals surface area contributed by atoms with Gasteiger partial charge in [0.1, 0.15) is 0 Å². The van der Waals surface area contributed by atoms with Gasteiger partial charge < -0.3 is 20.1 Å². The molecule has 27 heavy (non-hydrogen) atoms. The molecule has 1 fully saturated rings. The molecule has 0 bridgehead atoms. The van der Waals surface area contributed by atoms with E-state index in [-0.39, 0.29) is 5.41 Å². The van der Waals surface area contributed by atoms with Crippen molar-refractivity contribution < 1.29 is 9.47 Å². The molecule has 2 N–H and O–H groups in total. The zero-order valence-corrected chi connectivity index (χ0v) is 17.6. The summed E-state index contributed by atoms with van der Waals surface area (Å²) >= 11 is 6.09. The maximum atomic E-state index is 6.09. The summed E-state index contributed by atoms with van der Waals surface area (Å²) in [5, 5.41) is 7.59. The molecular weight excluding hydrogens is 362 g/mol. The zero-order chi connectivity index (χ0) is 19.5. The number of guanidine groups is 1. The van der Waals surface area contributed by atoms with Crippen LogP contribution in [0.3, 0.4) is 0 Å². The van der Waals surface area contributed by atoms with Crippen molar-refractivity contribution >= 4 is 17.6 Å². The van der Waals surface area contributed by atoms with Crippen molar-refractivity contribution in [3.8, 4) is 0 Å². The number of nitrogens with one attached hydrogen (secondary N) is 2. The molecule has 1 aromatic carbocycles. The molecule has 1 heterocycles. The van der Waals surface area contributed by atoms with Gasteiger partial charge in [-0.15, -0.1) is 0 Å². The van der Waals surface area contributed by atoms with Crippen molar-refractivity contribution in [1.29, 1.82) is 0 Å². The Morgan fingerprint density at radius 2 is 2.07 bits per heavy atom. The zero-order valence-electron chi connectivity index (χ0n) is 16.9.